The summed E-state index contributed by atoms with van der Waals surface area (Å²) in [5.41, 5.74) is 4.13. The van der Waals surface area contributed by atoms with Crippen LogP contribution >= 0.6 is 0 Å². The highest BCUT2D eigenvalue weighted by Crippen LogP contribution is 2.12. The molecule has 7 nitrogen and oxygen atoms in total. The Morgan fingerprint density at radius 1 is 1.38 bits per heavy atom. The minimum atomic E-state index is -1.55. The molecule has 0 bridgehead atoms. The molecule has 0 saturated carbocycles. The Balaban J connectivity index is 3.09. The SMILES string of the molecule is Nc1cccc2c(=O)n(C(=O)O)[nH]c(=O)c12. The number of hydrogen-bond acceptors (Lipinski definition) is 4. The van der Waals surface area contributed by atoms with Crippen molar-refractivity contribution in [2.45, 2.75) is 0 Å². The van der Waals surface area contributed by atoms with Gasteiger partial charge < -0.3 is 10.8 Å². The van der Waals surface area contributed by atoms with Gasteiger partial charge in [-0.2, -0.15) is 0 Å². The Morgan fingerprint density at radius 2 is 2.06 bits per heavy atom. The van der Waals surface area contributed by atoms with Gasteiger partial charge in [0, 0.05) is 5.69 Å². The average molecular weight is 221 g/mol. The van der Waals surface area contributed by atoms with Crippen LogP contribution in [0.1, 0.15) is 0 Å². The lowest BCUT2D eigenvalue weighted by Gasteiger charge is -2.03. The lowest BCUT2D eigenvalue weighted by molar-refractivity contribution is 0.191. The molecule has 0 unspecified atom stereocenters. The summed E-state index contributed by atoms with van der Waals surface area (Å²) in [7, 11) is 0. The molecule has 0 atom stereocenters. The van der Waals surface area contributed by atoms with Crippen LogP contribution in [-0.4, -0.2) is 21.0 Å². The first-order chi connectivity index (χ1) is 7.52. The van der Waals surface area contributed by atoms with E-state index in [4.69, 9.17) is 10.8 Å². The first-order valence-corrected chi connectivity index (χ1v) is 4.29. The zero-order valence-corrected chi connectivity index (χ0v) is 7.93. The van der Waals surface area contributed by atoms with Gasteiger partial charge in [0.15, 0.2) is 0 Å². The van der Waals surface area contributed by atoms with Gasteiger partial charge in [-0.15, -0.1) is 4.68 Å². The highest BCUT2D eigenvalue weighted by atomic mass is 16.4. The molecule has 0 spiro atoms. The monoisotopic (exact) mass is 221 g/mol. The molecule has 0 radical (unpaired) electrons. The van der Waals surface area contributed by atoms with Crippen molar-refractivity contribution < 1.29 is 9.90 Å². The number of carbonyl (C=O) groups is 1. The summed E-state index contributed by atoms with van der Waals surface area (Å²) in [6.07, 6.45) is -1.55. The second kappa shape index (κ2) is 3.23. The number of carboxylic acid groups (broad SMARTS) is 1. The van der Waals surface area contributed by atoms with Crippen LogP contribution in [0.5, 0.6) is 0 Å². The quantitative estimate of drug-likeness (QED) is 0.532. The highest BCUT2D eigenvalue weighted by molar-refractivity contribution is 5.92. The molecule has 0 fully saturated rings. The lowest BCUT2D eigenvalue weighted by atomic mass is 10.1. The van der Waals surface area contributed by atoms with Crippen LogP contribution in [0.4, 0.5) is 10.5 Å². The third-order valence-electron chi connectivity index (χ3n) is 2.16. The average Bonchev–Trinajstić information content (AvgIpc) is 2.22. The van der Waals surface area contributed by atoms with Crippen LogP contribution in [0.25, 0.3) is 10.8 Å². The van der Waals surface area contributed by atoms with E-state index in [-0.39, 0.29) is 21.1 Å². The fourth-order valence-corrected chi connectivity index (χ4v) is 1.47. The topological polar surface area (TPSA) is 118 Å². The Bertz CT molecular complexity index is 698. The molecule has 0 amide bonds. The second-order valence-corrected chi connectivity index (χ2v) is 3.13. The number of aromatic nitrogens is 2. The summed E-state index contributed by atoms with van der Waals surface area (Å²) in [6.45, 7) is 0. The number of anilines is 1. The molecule has 2 aromatic rings. The Hall–Kier alpha value is -2.57. The molecular formula is C9H7N3O4. The van der Waals surface area contributed by atoms with Crippen molar-refractivity contribution in [3.63, 3.8) is 0 Å². The van der Waals surface area contributed by atoms with E-state index in [0.717, 1.165) is 0 Å². The maximum Gasteiger partial charge on any atom is 0.433 e. The van der Waals surface area contributed by atoms with E-state index in [1.54, 1.807) is 0 Å². The Kier molecular flexibility index (Phi) is 2.01. The van der Waals surface area contributed by atoms with Gasteiger partial charge in [0.25, 0.3) is 11.1 Å². The number of aromatic amines is 1. The van der Waals surface area contributed by atoms with Crippen LogP contribution in [0.15, 0.2) is 27.8 Å². The van der Waals surface area contributed by atoms with Gasteiger partial charge in [-0.1, -0.05) is 6.07 Å². The standard InChI is InChI=1S/C9H7N3O4/c10-5-3-1-2-4-6(5)7(13)11-12(8(4)14)9(15)16/h1-3H,10H2,(H,11,13)(H,15,16). The second-order valence-electron chi connectivity index (χ2n) is 3.13. The van der Waals surface area contributed by atoms with Crippen molar-refractivity contribution in [3.05, 3.63) is 38.9 Å². The predicted molar refractivity (Wildman–Crippen MR) is 56.7 cm³/mol. The number of nitrogen functional groups attached to an aromatic ring is 1. The number of nitrogens with one attached hydrogen (secondary N) is 1. The van der Waals surface area contributed by atoms with Gasteiger partial charge in [-0.05, 0) is 12.1 Å². The highest BCUT2D eigenvalue weighted by Gasteiger charge is 2.12. The summed E-state index contributed by atoms with van der Waals surface area (Å²) in [5.74, 6) is 0. The molecule has 0 aliphatic heterocycles. The van der Waals surface area contributed by atoms with Crippen LogP contribution in [0.2, 0.25) is 0 Å². The smallest absolute Gasteiger partial charge is 0.433 e. The zero-order valence-electron chi connectivity index (χ0n) is 7.93. The third-order valence-corrected chi connectivity index (χ3v) is 2.16. The third kappa shape index (κ3) is 1.26. The van der Waals surface area contributed by atoms with Crippen molar-refractivity contribution in [1.29, 1.82) is 0 Å². The summed E-state index contributed by atoms with van der Waals surface area (Å²) >= 11 is 0. The van der Waals surface area contributed by atoms with E-state index >= 15 is 0 Å². The van der Waals surface area contributed by atoms with Gasteiger partial charge in [-0.3, -0.25) is 14.7 Å². The number of hydrogen-bond donors (Lipinski definition) is 3. The van der Waals surface area contributed by atoms with E-state index < -0.39 is 17.2 Å². The Morgan fingerprint density at radius 3 is 2.69 bits per heavy atom. The van der Waals surface area contributed by atoms with Crippen molar-refractivity contribution >= 4 is 22.6 Å². The number of H-pyrrole nitrogens is 1. The van der Waals surface area contributed by atoms with Crippen LogP contribution in [0.3, 0.4) is 0 Å². The van der Waals surface area contributed by atoms with Crippen molar-refractivity contribution in [3.8, 4) is 0 Å². The molecule has 0 saturated heterocycles. The van der Waals surface area contributed by atoms with Crippen LogP contribution in [-0.2, 0) is 0 Å². The van der Waals surface area contributed by atoms with Gasteiger partial charge in [-0.25, -0.2) is 4.79 Å². The van der Waals surface area contributed by atoms with E-state index in [2.05, 4.69) is 0 Å². The molecule has 4 N–H and O–H groups in total. The largest absolute Gasteiger partial charge is 0.463 e. The number of nitrogens with two attached hydrogens (primary N) is 1. The van der Waals surface area contributed by atoms with E-state index in [9.17, 15) is 14.4 Å². The number of benzene rings is 1. The fourth-order valence-electron chi connectivity index (χ4n) is 1.47. The number of fused-ring (bicyclic) bond motifs is 1. The van der Waals surface area contributed by atoms with Gasteiger partial charge in [0.1, 0.15) is 0 Å². The summed E-state index contributed by atoms with van der Waals surface area (Å²) in [4.78, 5) is 33.8. The van der Waals surface area contributed by atoms with Crippen molar-refractivity contribution in [2.75, 3.05) is 5.73 Å². The number of rotatable bonds is 0. The molecule has 1 heterocycles. The molecule has 16 heavy (non-hydrogen) atoms. The molecule has 2 rings (SSSR count). The maximum atomic E-state index is 11.6. The van der Waals surface area contributed by atoms with Crippen LogP contribution in [0, 0.1) is 0 Å². The van der Waals surface area contributed by atoms with E-state index in [1.165, 1.54) is 18.2 Å². The first kappa shape index (κ1) is 9.97. The molecule has 82 valence electrons. The van der Waals surface area contributed by atoms with Gasteiger partial charge in [0.2, 0.25) is 0 Å². The van der Waals surface area contributed by atoms with E-state index in [0.29, 0.717) is 0 Å². The molecule has 0 aliphatic rings. The van der Waals surface area contributed by atoms with Crippen LogP contribution < -0.4 is 16.9 Å². The first-order valence-electron chi connectivity index (χ1n) is 4.29. The zero-order chi connectivity index (χ0) is 11.9. The van der Waals surface area contributed by atoms with E-state index in [1.807, 2.05) is 5.10 Å². The van der Waals surface area contributed by atoms with Gasteiger partial charge >= 0.3 is 6.09 Å². The summed E-state index contributed by atoms with van der Waals surface area (Å²) in [6, 6.07) is 4.29. The molecule has 0 aliphatic carbocycles. The lowest BCUT2D eigenvalue weighted by Crippen LogP contribution is -2.34. The number of nitrogens with zero attached hydrogens (tertiary/aromatic N) is 1. The van der Waals surface area contributed by atoms with Crippen molar-refractivity contribution in [1.82, 2.24) is 9.78 Å². The molecule has 7 heteroatoms. The summed E-state index contributed by atoms with van der Waals surface area (Å²) < 4.78 is 0.226. The summed E-state index contributed by atoms with van der Waals surface area (Å²) in [5, 5.41) is 10.6. The molecular weight excluding hydrogens is 214 g/mol. The van der Waals surface area contributed by atoms with Crippen molar-refractivity contribution in [2.24, 2.45) is 0 Å². The molecule has 1 aromatic heterocycles. The molecule has 1 aromatic carbocycles. The predicted octanol–water partition coefficient (Wildman–Crippen LogP) is -0.202. The fraction of sp³-hybridized carbons (Fsp3) is 0. The normalized spacial score (nSPS) is 10.5. The minimum Gasteiger partial charge on any atom is -0.463 e. The Labute approximate surface area is 87.7 Å². The maximum absolute atomic E-state index is 11.6. The van der Waals surface area contributed by atoms with Gasteiger partial charge in [0.05, 0.1) is 10.8 Å². The minimum absolute atomic E-state index is 0.00463.